The van der Waals surface area contributed by atoms with Gasteiger partial charge in [0, 0.05) is 24.8 Å². The van der Waals surface area contributed by atoms with Gasteiger partial charge in [-0.15, -0.1) is 0 Å². The summed E-state index contributed by atoms with van der Waals surface area (Å²) in [6.07, 6.45) is 0.463. The number of nitriles is 1. The first-order valence-electron chi connectivity index (χ1n) is 4.71. The van der Waals surface area contributed by atoms with E-state index in [-0.39, 0.29) is 5.91 Å². The van der Waals surface area contributed by atoms with Gasteiger partial charge in [0.05, 0.1) is 12.5 Å². The van der Waals surface area contributed by atoms with Crippen molar-refractivity contribution in [3.05, 3.63) is 24.3 Å². The molecule has 0 aliphatic heterocycles. The van der Waals surface area contributed by atoms with E-state index in [2.05, 4.69) is 16.7 Å². The molecule has 0 radical (unpaired) electrons. The molecule has 0 bridgehead atoms. The first-order chi connectivity index (χ1) is 7.22. The molecule has 1 amide bonds. The highest BCUT2D eigenvalue weighted by Crippen LogP contribution is 2.14. The van der Waals surface area contributed by atoms with Crippen LogP contribution in [0.2, 0.25) is 0 Å². The van der Waals surface area contributed by atoms with Gasteiger partial charge in [0.15, 0.2) is 0 Å². The van der Waals surface area contributed by atoms with Gasteiger partial charge in [-0.25, -0.2) is 0 Å². The topological polar surface area (TPSA) is 64.9 Å². The van der Waals surface area contributed by atoms with Crippen LogP contribution < -0.4 is 10.6 Å². The Morgan fingerprint density at radius 1 is 1.47 bits per heavy atom. The lowest BCUT2D eigenvalue weighted by Gasteiger charge is -2.06. The first-order valence-corrected chi connectivity index (χ1v) is 4.71. The maximum absolute atomic E-state index is 10.8. The van der Waals surface area contributed by atoms with E-state index in [0.29, 0.717) is 13.0 Å². The van der Waals surface area contributed by atoms with E-state index in [1.807, 2.05) is 24.3 Å². The van der Waals surface area contributed by atoms with Gasteiger partial charge in [-0.2, -0.15) is 5.26 Å². The Morgan fingerprint density at radius 2 is 2.20 bits per heavy atom. The van der Waals surface area contributed by atoms with E-state index in [0.717, 1.165) is 11.4 Å². The van der Waals surface area contributed by atoms with Crippen LogP contribution in [0.5, 0.6) is 0 Å². The summed E-state index contributed by atoms with van der Waals surface area (Å²) in [7, 11) is 0. The zero-order chi connectivity index (χ0) is 11.1. The monoisotopic (exact) mass is 203 g/mol. The number of rotatable bonds is 4. The van der Waals surface area contributed by atoms with Gasteiger partial charge in [-0.1, -0.05) is 6.07 Å². The van der Waals surface area contributed by atoms with Gasteiger partial charge in [-0.05, 0) is 18.2 Å². The van der Waals surface area contributed by atoms with Crippen molar-refractivity contribution in [1.82, 2.24) is 0 Å². The summed E-state index contributed by atoms with van der Waals surface area (Å²) in [5, 5.41) is 14.1. The number of amides is 1. The molecule has 2 N–H and O–H groups in total. The van der Waals surface area contributed by atoms with Crippen LogP contribution in [0.25, 0.3) is 0 Å². The summed E-state index contributed by atoms with van der Waals surface area (Å²) in [5.41, 5.74) is 1.65. The third-order valence-electron chi connectivity index (χ3n) is 1.75. The average molecular weight is 203 g/mol. The molecule has 0 aromatic heterocycles. The van der Waals surface area contributed by atoms with Gasteiger partial charge in [-0.3, -0.25) is 4.79 Å². The minimum Gasteiger partial charge on any atom is -0.384 e. The lowest BCUT2D eigenvalue weighted by Crippen LogP contribution is -2.06. The van der Waals surface area contributed by atoms with E-state index in [9.17, 15) is 4.79 Å². The second-order valence-electron chi connectivity index (χ2n) is 3.10. The molecule has 0 saturated heterocycles. The van der Waals surface area contributed by atoms with Crippen LogP contribution in [-0.4, -0.2) is 12.5 Å². The molecule has 0 aliphatic rings. The van der Waals surface area contributed by atoms with E-state index in [1.165, 1.54) is 6.92 Å². The molecule has 1 aromatic carbocycles. The second-order valence-corrected chi connectivity index (χ2v) is 3.10. The Morgan fingerprint density at radius 3 is 2.87 bits per heavy atom. The van der Waals surface area contributed by atoms with Crippen molar-refractivity contribution < 1.29 is 4.79 Å². The summed E-state index contributed by atoms with van der Waals surface area (Å²) in [5.74, 6) is -0.0934. The molecular weight excluding hydrogens is 190 g/mol. The van der Waals surface area contributed by atoms with Crippen molar-refractivity contribution >= 4 is 17.3 Å². The van der Waals surface area contributed by atoms with Crippen LogP contribution in [0, 0.1) is 11.3 Å². The minimum atomic E-state index is -0.0934. The van der Waals surface area contributed by atoms with Gasteiger partial charge >= 0.3 is 0 Å². The summed E-state index contributed by atoms with van der Waals surface area (Å²) in [6, 6.07) is 9.44. The standard InChI is InChI=1S/C11H13N3O/c1-9(15)14-11-5-2-4-10(8-11)13-7-3-6-12/h2,4-5,8,13H,3,7H2,1H3,(H,14,15). The highest BCUT2D eigenvalue weighted by molar-refractivity contribution is 5.89. The van der Waals surface area contributed by atoms with E-state index >= 15 is 0 Å². The Balaban J connectivity index is 2.58. The zero-order valence-corrected chi connectivity index (χ0v) is 8.58. The van der Waals surface area contributed by atoms with Gasteiger partial charge in [0.2, 0.25) is 5.91 Å². The van der Waals surface area contributed by atoms with Crippen LogP contribution >= 0.6 is 0 Å². The molecule has 1 aromatic rings. The molecule has 0 atom stereocenters. The molecule has 4 nitrogen and oxygen atoms in total. The third-order valence-corrected chi connectivity index (χ3v) is 1.75. The van der Waals surface area contributed by atoms with Crippen molar-refractivity contribution in [3.8, 4) is 6.07 Å². The molecule has 78 valence electrons. The summed E-state index contributed by atoms with van der Waals surface area (Å²) >= 11 is 0. The number of benzene rings is 1. The van der Waals surface area contributed by atoms with Crippen LogP contribution in [-0.2, 0) is 4.79 Å². The van der Waals surface area contributed by atoms with E-state index in [4.69, 9.17) is 5.26 Å². The minimum absolute atomic E-state index is 0.0934. The molecular formula is C11H13N3O. The maximum atomic E-state index is 10.8. The molecule has 15 heavy (non-hydrogen) atoms. The van der Waals surface area contributed by atoms with Crippen molar-refractivity contribution in [3.63, 3.8) is 0 Å². The summed E-state index contributed by atoms with van der Waals surface area (Å²) < 4.78 is 0. The number of hydrogen-bond acceptors (Lipinski definition) is 3. The SMILES string of the molecule is CC(=O)Nc1cccc(NCCC#N)c1. The van der Waals surface area contributed by atoms with Gasteiger partial charge in [0.1, 0.15) is 0 Å². The fourth-order valence-electron chi connectivity index (χ4n) is 1.17. The smallest absolute Gasteiger partial charge is 0.221 e. The van der Waals surface area contributed by atoms with Gasteiger partial charge in [0.25, 0.3) is 0 Å². The highest BCUT2D eigenvalue weighted by Gasteiger charge is 1.96. The fraction of sp³-hybridized carbons (Fsp3) is 0.273. The summed E-state index contributed by atoms with van der Waals surface area (Å²) in [6.45, 7) is 2.08. The second kappa shape index (κ2) is 5.66. The molecule has 0 aliphatic carbocycles. The fourth-order valence-corrected chi connectivity index (χ4v) is 1.17. The molecule has 4 heteroatoms. The van der Waals surface area contributed by atoms with Crippen molar-refractivity contribution in [2.75, 3.05) is 17.2 Å². The molecule has 0 saturated carbocycles. The Bertz CT molecular complexity index is 382. The molecule has 0 spiro atoms. The number of nitrogens with one attached hydrogen (secondary N) is 2. The van der Waals surface area contributed by atoms with Crippen LogP contribution in [0.4, 0.5) is 11.4 Å². The molecule has 0 heterocycles. The normalized spacial score (nSPS) is 9.07. The molecule has 1 rings (SSSR count). The van der Waals surface area contributed by atoms with Gasteiger partial charge < -0.3 is 10.6 Å². The zero-order valence-electron chi connectivity index (χ0n) is 8.58. The van der Waals surface area contributed by atoms with Crippen molar-refractivity contribution in [1.29, 1.82) is 5.26 Å². The third kappa shape index (κ3) is 4.14. The largest absolute Gasteiger partial charge is 0.384 e. The molecule has 0 fully saturated rings. The summed E-state index contributed by atoms with van der Waals surface area (Å²) in [4.78, 5) is 10.8. The lowest BCUT2D eigenvalue weighted by atomic mass is 10.2. The van der Waals surface area contributed by atoms with Crippen LogP contribution in [0.1, 0.15) is 13.3 Å². The van der Waals surface area contributed by atoms with Crippen molar-refractivity contribution in [2.45, 2.75) is 13.3 Å². The molecule has 0 unspecified atom stereocenters. The Kier molecular flexibility index (Phi) is 4.17. The van der Waals surface area contributed by atoms with E-state index < -0.39 is 0 Å². The number of anilines is 2. The Labute approximate surface area is 88.9 Å². The predicted octanol–water partition coefficient (Wildman–Crippen LogP) is 1.97. The van der Waals surface area contributed by atoms with Crippen LogP contribution in [0.3, 0.4) is 0 Å². The predicted molar refractivity (Wildman–Crippen MR) is 59.5 cm³/mol. The number of carbonyl (C=O) groups is 1. The highest BCUT2D eigenvalue weighted by atomic mass is 16.1. The average Bonchev–Trinajstić information content (AvgIpc) is 2.18. The van der Waals surface area contributed by atoms with E-state index in [1.54, 1.807) is 0 Å². The van der Waals surface area contributed by atoms with Crippen molar-refractivity contribution in [2.24, 2.45) is 0 Å². The first kappa shape index (κ1) is 11.1. The number of nitrogens with zero attached hydrogens (tertiary/aromatic N) is 1. The Hall–Kier alpha value is -2.02. The van der Waals surface area contributed by atoms with Crippen LogP contribution in [0.15, 0.2) is 24.3 Å². The lowest BCUT2D eigenvalue weighted by molar-refractivity contribution is -0.114. The number of carbonyl (C=O) groups excluding carboxylic acids is 1. The number of hydrogen-bond donors (Lipinski definition) is 2. The quantitative estimate of drug-likeness (QED) is 0.735. The maximum Gasteiger partial charge on any atom is 0.221 e.